The molecule has 2 fully saturated rings. The van der Waals surface area contributed by atoms with Gasteiger partial charge in [0.25, 0.3) is 0 Å². The lowest BCUT2D eigenvalue weighted by molar-refractivity contribution is 0.0686. The molecule has 2 saturated heterocycles. The molecule has 1 amide bonds. The smallest absolute Gasteiger partial charge is 0.407 e. The Labute approximate surface area is 65.3 Å². The van der Waals surface area contributed by atoms with Crippen LogP contribution >= 0.6 is 0 Å². The molecule has 2 aliphatic heterocycles. The van der Waals surface area contributed by atoms with E-state index in [1.165, 1.54) is 0 Å². The molecule has 0 radical (unpaired) electrons. The normalized spacial score (nSPS) is 42.6. The van der Waals surface area contributed by atoms with Crippen LogP contribution in [-0.4, -0.2) is 31.3 Å². The van der Waals surface area contributed by atoms with Crippen molar-refractivity contribution in [3.05, 3.63) is 0 Å². The van der Waals surface area contributed by atoms with Crippen LogP contribution in [0.2, 0.25) is 0 Å². The van der Waals surface area contributed by atoms with Gasteiger partial charge in [0.1, 0.15) is 0 Å². The van der Waals surface area contributed by atoms with Gasteiger partial charge in [-0.1, -0.05) is 0 Å². The second kappa shape index (κ2) is 2.11. The quantitative estimate of drug-likeness (QED) is 0.506. The van der Waals surface area contributed by atoms with Crippen LogP contribution in [0.25, 0.3) is 0 Å². The standard InChI is InChI=1S/C7H12N2O2/c1-7-4-8-2-5(7)3-11-6(10)9-7/h5,8H,2-4H2,1H3,(H,9,10). The zero-order valence-corrected chi connectivity index (χ0v) is 6.52. The van der Waals surface area contributed by atoms with Crippen molar-refractivity contribution in [2.45, 2.75) is 12.5 Å². The predicted molar refractivity (Wildman–Crippen MR) is 39.2 cm³/mol. The van der Waals surface area contributed by atoms with Crippen LogP contribution in [0.15, 0.2) is 0 Å². The monoisotopic (exact) mass is 156 g/mol. The number of nitrogens with one attached hydrogen (secondary N) is 2. The van der Waals surface area contributed by atoms with Crippen LogP contribution in [-0.2, 0) is 4.74 Å². The summed E-state index contributed by atoms with van der Waals surface area (Å²) in [6, 6.07) is 0. The molecule has 2 N–H and O–H groups in total. The van der Waals surface area contributed by atoms with Crippen LogP contribution in [0.4, 0.5) is 4.79 Å². The molecule has 62 valence electrons. The van der Waals surface area contributed by atoms with Crippen molar-refractivity contribution >= 4 is 6.09 Å². The third-order valence-corrected chi connectivity index (χ3v) is 2.59. The zero-order valence-electron chi connectivity index (χ0n) is 6.52. The van der Waals surface area contributed by atoms with Gasteiger partial charge in [0, 0.05) is 19.0 Å². The van der Waals surface area contributed by atoms with Gasteiger partial charge in [-0.25, -0.2) is 4.79 Å². The summed E-state index contributed by atoms with van der Waals surface area (Å²) in [7, 11) is 0. The summed E-state index contributed by atoms with van der Waals surface area (Å²) >= 11 is 0. The third kappa shape index (κ3) is 0.976. The van der Waals surface area contributed by atoms with Crippen molar-refractivity contribution in [3.63, 3.8) is 0 Å². The molecule has 4 heteroatoms. The number of carbonyl (C=O) groups excluding carboxylic acids is 1. The van der Waals surface area contributed by atoms with Crippen molar-refractivity contribution in [2.24, 2.45) is 5.92 Å². The SMILES string of the molecule is CC12CNCC1COC(=O)N2. The molecule has 11 heavy (non-hydrogen) atoms. The number of amides is 1. The van der Waals surface area contributed by atoms with Gasteiger partial charge in [0.15, 0.2) is 0 Å². The van der Waals surface area contributed by atoms with E-state index in [2.05, 4.69) is 17.6 Å². The van der Waals surface area contributed by atoms with E-state index >= 15 is 0 Å². The second-order valence-electron chi connectivity index (χ2n) is 3.47. The molecule has 0 spiro atoms. The van der Waals surface area contributed by atoms with Crippen LogP contribution < -0.4 is 10.6 Å². The number of fused-ring (bicyclic) bond motifs is 1. The van der Waals surface area contributed by atoms with Gasteiger partial charge in [-0.05, 0) is 6.92 Å². The Hall–Kier alpha value is -0.770. The Kier molecular flexibility index (Phi) is 1.32. The minimum atomic E-state index is -0.285. The average Bonchev–Trinajstić information content (AvgIpc) is 2.28. The van der Waals surface area contributed by atoms with E-state index in [0.717, 1.165) is 13.1 Å². The number of carbonyl (C=O) groups is 1. The van der Waals surface area contributed by atoms with Crippen LogP contribution in [0.1, 0.15) is 6.92 Å². The van der Waals surface area contributed by atoms with E-state index in [1.54, 1.807) is 0 Å². The maximum absolute atomic E-state index is 10.8. The van der Waals surface area contributed by atoms with Crippen LogP contribution in [0.3, 0.4) is 0 Å². The number of ether oxygens (including phenoxy) is 1. The number of rotatable bonds is 0. The third-order valence-electron chi connectivity index (χ3n) is 2.59. The first-order valence-electron chi connectivity index (χ1n) is 3.86. The molecule has 2 rings (SSSR count). The summed E-state index contributed by atoms with van der Waals surface area (Å²) in [5, 5.41) is 6.06. The van der Waals surface area contributed by atoms with Gasteiger partial charge >= 0.3 is 6.09 Å². The highest BCUT2D eigenvalue weighted by molar-refractivity contribution is 5.69. The molecule has 2 heterocycles. The molecular formula is C7H12N2O2. The number of alkyl carbamates (subject to hydrolysis) is 1. The first kappa shape index (κ1) is 6.91. The van der Waals surface area contributed by atoms with E-state index in [0.29, 0.717) is 12.5 Å². The predicted octanol–water partition coefficient (Wildman–Crippen LogP) is -0.296. The second-order valence-corrected chi connectivity index (χ2v) is 3.47. The molecular weight excluding hydrogens is 144 g/mol. The van der Waals surface area contributed by atoms with E-state index in [9.17, 15) is 4.79 Å². The molecule has 0 bridgehead atoms. The summed E-state index contributed by atoms with van der Waals surface area (Å²) in [5.41, 5.74) is -0.0741. The van der Waals surface area contributed by atoms with E-state index in [1.807, 2.05) is 0 Å². The summed E-state index contributed by atoms with van der Waals surface area (Å²) < 4.78 is 4.87. The number of cyclic esters (lactones) is 1. The number of hydrogen-bond acceptors (Lipinski definition) is 3. The van der Waals surface area contributed by atoms with Gasteiger partial charge in [0.2, 0.25) is 0 Å². The van der Waals surface area contributed by atoms with Crippen molar-refractivity contribution in [3.8, 4) is 0 Å². The van der Waals surface area contributed by atoms with E-state index in [-0.39, 0.29) is 11.6 Å². The lowest BCUT2D eigenvalue weighted by atomic mass is 9.89. The fraction of sp³-hybridized carbons (Fsp3) is 0.857. The average molecular weight is 156 g/mol. The first-order valence-corrected chi connectivity index (χ1v) is 3.86. The van der Waals surface area contributed by atoms with Crippen LogP contribution in [0, 0.1) is 5.92 Å². The molecule has 0 aliphatic carbocycles. The van der Waals surface area contributed by atoms with E-state index < -0.39 is 0 Å². The Balaban J connectivity index is 2.16. The van der Waals surface area contributed by atoms with Gasteiger partial charge in [0.05, 0.1) is 12.1 Å². The Morgan fingerprint density at radius 3 is 3.36 bits per heavy atom. The summed E-state index contributed by atoms with van der Waals surface area (Å²) in [6.07, 6.45) is -0.285. The molecule has 2 unspecified atom stereocenters. The van der Waals surface area contributed by atoms with E-state index in [4.69, 9.17) is 4.74 Å². The lowest BCUT2D eigenvalue weighted by Crippen LogP contribution is -2.57. The molecule has 0 aromatic heterocycles. The van der Waals surface area contributed by atoms with Crippen molar-refractivity contribution in [1.82, 2.24) is 10.6 Å². The minimum Gasteiger partial charge on any atom is -0.449 e. The fourth-order valence-electron chi connectivity index (χ4n) is 1.71. The molecule has 0 aromatic carbocycles. The molecule has 0 aromatic rings. The molecule has 4 nitrogen and oxygen atoms in total. The van der Waals surface area contributed by atoms with Crippen molar-refractivity contribution in [1.29, 1.82) is 0 Å². The number of hydrogen-bond donors (Lipinski definition) is 2. The topological polar surface area (TPSA) is 50.4 Å². The molecule has 2 atom stereocenters. The molecule has 2 aliphatic rings. The zero-order chi connectivity index (χ0) is 7.90. The van der Waals surface area contributed by atoms with Gasteiger partial charge in [-0.3, -0.25) is 0 Å². The summed E-state index contributed by atoms with van der Waals surface area (Å²) in [5.74, 6) is 0.431. The highest BCUT2D eigenvalue weighted by Gasteiger charge is 2.43. The Bertz CT molecular complexity index is 195. The maximum Gasteiger partial charge on any atom is 0.407 e. The summed E-state index contributed by atoms with van der Waals surface area (Å²) in [6.45, 7) is 4.40. The summed E-state index contributed by atoms with van der Waals surface area (Å²) in [4.78, 5) is 10.8. The maximum atomic E-state index is 10.8. The largest absolute Gasteiger partial charge is 0.449 e. The Morgan fingerprint density at radius 2 is 2.55 bits per heavy atom. The first-order chi connectivity index (χ1) is 5.21. The van der Waals surface area contributed by atoms with Crippen molar-refractivity contribution in [2.75, 3.05) is 19.7 Å². The molecule has 0 saturated carbocycles. The lowest BCUT2D eigenvalue weighted by Gasteiger charge is -2.35. The van der Waals surface area contributed by atoms with Gasteiger partial charge in [-0.2, -0.15) is 0 Å². The van der Waals surface area contributed by atoms with Crippen molar-refractivity contribution < 1.29 is 9.53 Å². The van der Waals surface area contributed by atoms with Crippen LogP contribution in [0.5, 0.6) is 0 Å². The Morgan fingerprint density at radius 1 is 1.73 bits per heavy atom. The highest BCUT2D eigenvalue weighted by atomic mass is 16.6. The van der Waals surface area contributed by atoms with Gasteiger partial charge < -0.3 is 15.4 Å². The minimum absolute atomic E-state index is 0.0741. The fourth-order valence-corrected chi connectivity index (χ4v) is 1.71. The highest BCUT2D eigenvalue weighted by Crippen LogP contribution is 2.24. The van der Waals surface area contributed by atoms with Gasteiger partial charge in [-0.15, -0.1) is 0 Å².